The second-order valence-corrected chi connectivity index (χ2v) is 6.64. The molecule has 8 heteroatoms. The second kappa shape index (κ2) is 7.24. The average molecular weight is 380 g/mol. The summed E-state index contributed by atoms with van der Waals surface area (Å²) < 4.78 is 12.1. The van der Waals surface area contributed by atoms with Gasteiger partial charge in [0.05, 0.1) is 31.1 Å². The number of rotatable bonds is 6. The lowest BCUT2D eigenvalue weighted by Crippen LogP contribution is -2.05. The highest BCUT2D eigenvalue weighted by Gasteiger charge is 2.16. The molecule has 2 aromatic heterocycles. The SMILES string of the molecule is COc1ccc(C(=O)CSc2nc3c4ccccc4ncn3n2)c(OC)c1. The van der Waals surface area contributed by atoms with Crippen LogP contribution in [0, 0.1) is 0 Å². The smallest absolute Gasteiger partial charge is 0.209 e. The number of nitrogens with zero attached hydrogens (tertiary/aromatic N) is 4. The molecule has 0 atom stereocenters. The Morgan fingerprint density at radius 3 is 2.81 bits per heavy atom. The van der Waals surface area contributed by atoms with Crippen molar-refractivity contribution in [3.63, 3.8) is 0 Å². The van der Waals surface area contributed by atoms with Gasteiger partial charge in [0.2, 0.25) is 5.16 Å². The predicted molar refractivity (Wildman–Crippen MR) is 103 cm³/mol. The lowest BCUT2D eigenvalue weighted by Gasteiger charge is -2.08. The molecule has 136 valence electrons. The van der Waals surface area contributed by atoms with E-state index in [1.165, 1.54) is 18.9 Å². The maximum Gasteiger partial charge on any atom is 0.209 e. The number of carbonyl (C=O) groups excluding carboxylic acids is 1. The van der Waals surface area contributed by atoms with Gasteiger partial charge in [-0.2, -0.15) is 0 Å². The molecule has 0 amide bonds. The quantitative estimate of drug-likeness (QED) is 0.375. The Labute approximate surface area is 159 Å². The lowest BCUT2D eigenvalue weighted by atomic mass is 10.1. The average Bonchev–Trinajstić information content (AvgIpc) is 3.15. The third kappa shape index (κ3) is 3.31. The van der Waals surface area contributed by atoms with Gasteiger partial charge in [-0.1, -0.05) is 23.9 Å². The summed E-state index contributed by atoms with van der Waals surface area (Å²) in [7, 11) is 3.10. The van der Waals surface area contributed by atoms with Gasteiger partial charge in [-0.15, -0.1) is 5.10 Å². The first kappa shape index (κ1) is 17.3. The number of Topliss-reactive ketones (excluding diaryl/α,β-unsaturated/α-hetero) is 1. The molecule has 0 aliphatic rings. The summed E-state index contributed by atoms with van der Waals surface area (Å²) in [5.74, 6) is 1.25. The molecule has 0 N–H and O–H groups in total. The number of benzene rings is 2. The fraction of sp³-hybridized carbons (Fsp3) is 0.158. The topological polar surface area (TPSA) is 78.6 Å². The monoisotopic (exact) mass is 380 g/mol. The number of methoxy groups -OCH3 is 2. The van der Waals surface area contributed by atoms with E-state index in [9.17, 15) is 4.79 Å². The molecule has 27 heavy (non-hydrogen) atoms. The predicted octanol–water partition coefficient (Wildman–Crippen LogP) is 3.27. The molecule has 0 spiro atoms. The molecule has 0 saturated heterocycles. The number of aromatic nitrogens is 4. The van der Waals surface area contributed by atoms with E-state index < -0.39 is 0 Å². The Balaban J connectivity index is 1.56. The Kier molecular flexibility index (Phi) is 4.64. The highest BCUT2D eigenvalue weighted by Crippen LogP contribution is 2.27. The van der Waals surface area contributed by atoms with Crippen LogP contribution < -0.4 is 9.47 Å². The number of carbonyl (C=O) groups is 1. The molecule has 7 nitrogen and oxygen atoms in total. The Hall–Kier alpha value is -3.13. The summed E-state index contributed by atoms with van der Waals surface area (Å²) in [5.41, 5.74) is 2.08. The number of hydrogen-bond donors (Lipinski definition) is 0. The van der Waals surface area contributed by atoms with Crippen LogP contribution in [0.2, 0.25) is 0 Å². The lowest BCUT2D eigenvalue weighted by molar-refractivity contribution is 0.101. The van der Waals surface area contributed by atoms with Gasteiger partial charge < -0.3 is 9.47 Å². The fourth-order valence-corrected chi connectivity index (χ4v) is 3.47. The van der Waals surface area contributed by atoms with Crippen molar-refractivity contribution in [3.8, 4) is 11.5 Å². The van der Waals surface area contributed by atoms with Gasteiger partial charge in [0.15, 0.2) is 11.4 Å². The number of thioether (sulfide) groups is 1. The van der Waals surface area contributed by atoms with Crippen LogP contribution in [0.25, 0.3) is 16.6 Å². The van der Waals surface area contributed by atoms with Gasteiger partial charge in [-0.3, -0.25) is 4.79 Å². The third-order valence-corrected chi connectivity index (χ3v) is 4.94. The van der Waals surface area contributed by atoms with Gasteiger partial charge in [-0.25, -0.2) is 14.5 Å². The molecule has 2 heterocycles. The van der Waals surface area contributed by atoms with Crippen LogP contribution in [0.15, 0.2) is 53.9 Å². The first-order valence-corrected chi connectivity index (χ1v) is 9.16. The van der Waals surface area contributed by atoms with Crippen LogP contribution >= 0.6 is 11.8 Å². The first-order valence-electron chi connectivity index (χ1n) is 8.18. The molecule has 0 bridgehead atoms. The summed E-state index contributed by atoms with van der Waals surface area (Å²) in [6, 6.07) is 12.9. The van der Waals surface area contributed by atoms with E-state index in [1.54, 1.807) is 36.2 Å². The Morgan fingerprint density at radius 1 is 1.15 bits per heavy atom. The zero-order valence-corrected chi connectivity index (χ0v) is 15.6. The third-order valence-electron chi connectivity index (χ3n) is 4.10. The van der Waals surface area contributed by atoms with Crippen molar-refractivity contribution in [3.05, 3.63) is 54.4 Å². The molecular formula is C19H16N4O3S. The largest absolute Gasteiger partial charge is 0.497 e. The van der Waals surface area contributed by atoms with E-state index in [0.717, 1.165) is 16.6 Å². The fourth-order valence-electron chi connectivity index (χ4n) is 2.76. The molecule has 0 aliphatic heterocycles. The Bertz CT molecular complexity index is 1140. The van der Waals surface area contributed by atoms with Crippen molar-refractivity contribution in [1.82, 2.24) is 19.6 Å². The van der Waals surface area contributed by atoms with Crippen LogP contribution in [0.4, 0.5) is 0 Å². The molecule has 0 unspecified atom stereocenters. The number of para-hydroxylation sites is 1. The van der Waals surface area contributed by atoms with Crippen LogP contribution in [-0.2, 0) is 0 Å². The minimum atomic E-state index is -0.0682. The van der Waals surface area contributed by atoms with Crippen molar-refractivity contribution in [1.29, 1.82) is 0 Å². The number of hydrogen-bond acceptors (Lipinski definition) is 7. The molecule has 0 fully saturated rings. The minimum Gasteiger partial charge on any atom is -0.497 e. The van der Waals surface area contributed by atoms with Crippen LogP contribution in [0.1, 0.15) is 10.4 Å². The number of ketones is 1. The van der Waals surface area contributed by atoms with Crippen molar-refractivity contribution in [2.24, 2.45) is 0 Å². The van der Waals surface area contributed by atoms with Crippen molar-refractivity contribution < 1.29 is 14.3 Å². The summed E-state index contributed by atoms with van der Waals surface area (Å²) in [4.78, 5) is 21.5. The van der Waals surface area contributed by atoms with Gasteiger partial charge in [0, 0.05) is 11.5 Å². The maximum atomic E-state index is 12.6. The summed E-state index contributed by atoms with van der Waals surface area (Å²) in [6.07, 6.45) is 1.63. The Morgan fingerprint density at radius 2 is 2.00 bits per heavy atom. The van der Waals surface area contributed by atoms with Crippen LogP contribution in [0.5, 0.6) is 11.5 Å². The highest BCUT2D eigenvalue weighted by atomic mass is 32.2. The standard InChI is InChI=1S/C19H16N4O3S/c1-25-12-7-8-14(17(9-12)26-2)16(24)10-27-19-21-18-13-5-3-4-6-15(13)20-11-23(18)22-19/h3-9,11H,10H2,1-2H3. The summed E-state index contributed by atoms with van der Waals surface area (Å²) in [6.45, 7) is 0. The molecule has 0 saturated carbocycles. The zero-order chi connectivity index (χ0) is 18.8. The van der Waals surface area contributed by atoms with Gasteiger partial charge in [0.25, 0.3) is 0 Å². The molecule has 4 aromatic rings. The minimum absolute atomic E-state index is 0.0682. The normalized spacial score (nSPS) is 11.0. The number of fused-ring (bicyclic) bond motifs is 3. The van der Waals surface area contributed by atoms with Gasteiger partial charge in [0.1, 0.15) is 17.8 Å². The molecule has 4 rings (SSSR count). The molecule has 0 radical (unpaired) electrons. The summed E-state index contributed by atoms with van der Waals surface area (Å²) in [5, 5.41) is 5.84. The molecule has 2 aromatic carbocycles. The van der Waals surface area contributed by atoms with Gasteiger partial charge >= 0.3 is 0 Å². The van der Waals surface area contributed by atoms with E-state index in [-0.39, 0.29) is 11.5 Å². The van der Waals surface area contributed by atoms with E-state index in [2.05, 4.69) is 15.1 Å². The van der Waals surface area contributed by atoms with Crippen molar-refractivity contribution in [2.45, 2.75) is 5.16 Å². The van der Waals surface area contributed by atoms with Gasteiger partial charge in [-0.05, 0) is 24.3 Å². The molecular weight excluding hydrogens is 364 g/mol. The number of ether oxygens (including phenoxy) is 2. The highest BCUT2D eigenvalue weighted by molar-refractivity contribution is 7.99. The maximum absolute atomic E-state index is 12.6. The van der Waals surface area contributed by atoms with E-state index in [0.29, 0.717) is 22.2 Å². The van der Waals surface area contributed by atoms with E-state index in [4.69, 9.17) is 9.47 Å². The van der Waals surface area contributed by atoms with Crippen molar-refractivity contribution in [2.75, 3.05) is 20.0 Å². The zero-order valence-electron chi connectivity index (χ0n) is 14.7. The summed E-state index contributed by atoms with van der Waals surface area (Å²) >= 11 is 1.28. The van der Waals surface area contributed by atoms with Crippen molar-refractivity contribution >= 4 is 34.1 Å². The van der Waals surface area contributed by atoms with E-state index in [1.807, 2.05) is 24.3 Å². The van der Waals surface area contributed by atoms with Crippen LogP contribution in [-0.4, -0.2) is 45.3 Å². The molecule has 0 aliphatic carbocycles. The van der Waals surface area contributed by atoms with E-state index >= 15 is 0 Å². The first-order chi connectivity index (χ1) is 13.2. The van der Waals surface area contributed by atoms with Crippen LogP contribution in [0.3, 0.4) is 0 Å². The second-order valence-electron chi connectivity index (χ2n) is 5.70.